The maximum atomic E-state index is 12.3. The Morgan fingerprint density at radius 2 is 1.42 bits per heavy atom. The number of allylic oxidation sites excluding steroid dienone is 7. The third-order valence-corrected chi connectivity index (χ3v) is 5.16. The van der Waals surface area contributed by atoms with Crippen molar-refractivity contribution in [2.75, 3.05) is 13.2 Å². The highest BCUT2D eigenvalue weighted by Gasteiger charge is 2.18. The van der Waals surface area contributed by atoms with Crippen molar-refractivity contribution < 1.29 is 13.6 Å². The van der Waals surface area contributed by atoms with Crippen LogP contribution in [0.2, 0.25) is 0 Å². The molecule has 0 aromatic rings. The van der Waals surface area contributed by atoms with Gasteiger partial charge in [0.25, 0.3) is 0 Å². The molecule has 4 heteroatoms. The fraction of sp³-hybridized carbons (Fsp3) is 0.600. The zero-order chi connectivity index (χ0) is 18.4. The van der Waals surface area contributed by atoms with Crippen LogP contribution in [-0.4, -0.2) is 13.2 Å². The van der Waals surface area contributed by atoms with E-state index in [-0.39, 0.29) is 0 Å². The van der Waals surface area contributed by atoms with Gasteiger partial charge in [-0.15, -0.1) is 0 Å². The second kappa shape index (κ2) is 13.4. The summed E-state index contributed by atoms with van der Waals surface area (Å²) in [6, 6.07) is 0. The van der Waals surface area contributed by atoms with Gasteiger partial charge in [0, 0.05) is 5.82 Å². The average Bonchev–Trinajstić information content (AvgIpc) is 2.47. The molecule has 0 atom stereocenters. The first-order valence-electron chi connectivity index (χ1n) is 8.85. The lowest BCUT2D eigenvalue weighted by Gasteiger charge is -2.12. The van der Waals surface area contributed by atoms with E-state index in [4.69, 9.17) is 9.05 Å². The van der Waals surface area contributed by atoms with E-state index in [1.807, 2.05) is 19.9 Å². The third-order valence-electron chi connectivity index (χ3n) is 3.39. The fourth-order valence-corrected chi connectivity index (χ4v) is 3.38. The smallest absolute Gasteiger partial charge is 0.306 e. The Morgan fingerprint density at radius 1 is 0.875 bits per heavy atom. The first-order chi connectivity index (χ1) is 11.3. The Balaban J connectivity index is 4.38. The Kier molecular flexibility index (Phi) is 12.9. The summed E-state index contributed by atoms with van der Waals surface area (Å²) in [6.45, 7) is 12.9. The molecule has 0 fully saturated rings. The van der Waals surface area contributed by atoms with E-state index in [2.05, 4.69) is 39.8 Å². The van der Waals surface area contributed by atoms with Crippen molar-refractivity contribution in [2.45, 2.75) is 67.2 Å². The van der Waals surface area contributed by atoms with Crippen LogP contribution in [0.15, 0.2) is 46.8 Å². The number of hydrogen-bond acceptors (Lipinski definition) is 3. The van der Waals surface area contributed by atoms with Gasteiger partial charge in [0.2, 0.25) is 0 Å². The van der Waals surface area contributed by atoms with Crippen LogP contribution in [0.25, 0.3) is 0 Å². The summed E-state index contributed by atoms with van der Waals surface area (Å²) in [7, 11) is -3.08. The predicted molar refractivity (Wildman–Crippen MR) is 105 cm³/mol. The third kappa shape index (κ3) is 12.5. The molecule has 0 spiro atoms. The normalized spacial score (nSPS) is 13.6. The molecule has 0 radical (unpaired) electrons. The summed E-state index contributed by atoms with van der Waals surface area (Å²) < 4.78 is 22.7. The van der Waals surface area contributed by atoms with E-state index >= 15 is 0 Å². The molecule has 0 aromatic heterocycles. The van der Waals surface area contributed by atoms with Gasteiger partial charge in [-0.1, -0.05) is 41.0 Å². The van der Waals surface area contributed by atoms with Crippen molar-refractivity contribution >= 4 is 7.60 Å². The summed E-state index contributed by atoms with van der Waals surface area (Å²) >= 11 is 0. The topological polar surface area (TPSA) is 35.5 Å². The summed E-state index contributed by atoms with van der Waals surface area (Å²) in [5, 5.41) is 0. The Bertz CT molecular complexity index is 499. The highest BCUT2D eigenvalue weighted by molar-refractivity contribution is 7.57. The summed E-state index contributed by atoms with van der Waals surface area (Å²) in [5.41, 5.74) is 4.07. The summed E-state index contributed by atoms with van der Waals surface area (Å²) in [5.74, 6) is 1.55. The zero-order valence-electron chi connectivity index (χ0n) is 16.3. The Morgan fingerprint density at radius 3 is 1.96 bits per heavy atom. The molecule has 138 valence electrons. The first-order valence-corrected chi connectivity index (χ1v) is 10.5. The van der Waals surface area contributed by atoms with Gasteiger partial charge in [0.15, 0.2) is 0 Å². The minimum atomic E-state index is -3.08. The molecule has 0 saturated heterocycles. The van der Waals surface area contributed by atoms with Gasteiger partial charge in [-0.2, -0.15) is 0 Å². The van der Waals surface area contributed by atoms with Gasteiger partial charge in [-0.05, 0) is 67.2 Å². The van der Waals surface area contributed by atoms with Gasteiger partial charge in [0.05, 0.1) is 13.2 Å². The van der Waals surface area contributed by atoms with E-state index in [0.717, 1.165) is 25.7 Å². The molecule has 24 heavy (non-hydrogen) atoms. The van der Waals surface area contributed by atoms with Crippen LogP contribution in [0.1, 0.15) is 67.2 Å². The molecule has 0 aromatic carbocycles. The minimum Gasteiger partial charge on any atom is -0.306 e. The van der Waals surface area contributed by atoms with Gasteiger partial charge in [0.1, 0.15) is 0 Å². The van der Waals surface area contributed by atoms with Crippen LogP contribution < -0.4 is 0 Å². The molecule has 0 N–H and O–H groups in total. The molecule has 0 amide bonds. The van der Waals surface area contributed by atoms with E-state index < -0.39 is 7.60 Å². The van der Waals surface area contributed by atoms with Crippen molar-refractivity contribution in [1.29, 1.82) is 0 Å². The number of rotatable bonds is 12. The van der Waals surface area contributed by atoms with Crippen molar-refractivity contribution in [3.05, 3.63) is 46.8 Å². The Labute approximate surface area is 149 Å². The predicted octanol–water partition coefficient (Wildman–Crippen LogP) is 7.19. The lowest BCUT2D eigenvalue weighted by molar-refractivity contribution is 0.229. The zero-order valence-corrected chi connectivity index (χ0v) is 17.2. The van der Waals surface area contributed by atoms with Crippen LogP contribution in [0.3, 0.4) is 0 Å². The van der Waals surface area contributed by atoms with Crippen molar-refractivity contribution in [3.8, 4) is 0 Å². The summed E-state index contributed by atoms with van der Waals surface area (Å²) in [6.07, 6.45) is 12.6. The monoisotopic (exact) mass is 354 g/mol. The van der Waals surface area contributed by atoms with Crippen LogP contribution in [0, 0.1) is 0 Å². The molecular weight excluding hydrogens is 319 g/mol. The molecular formula is C20H35O3P. The highest BCUT2D eigenvalue weighted by atomic mass is 31.2. The van der Waals surface area contributed by atoms with Crippen molar-refractivity contribution in [1.82, 2.24) is 0 Å². The molecule has 0 aliphatic rings. The van der Waals surface area contributed by atoms with Crippen LogP contribution in [0.4, 0.5) is 0 Å². The molecule has 0 heterocycles. The van der Waals surface area contributed by atoms with E-state index in [0.29, 0.717) is 13.2 Å². The lowest BCUT2D eigenvalue weighted by atomic mass is 10.1. The standard InChI is InChI=1S/C20H35O3P/c1-7-22-24(21,23-8-2)17-11-16-20(6)15-10-14-19(5)13-9-12-18(3)4/h11-12,14,16-17H,7-10,13,15H2,1-6H3. The van der Waals surface area contributed by atoms with Gasteiger partial charge in [-0.3, -0.25) is 4.57 Å². The van der Waals surface area contributed by atoms with Gasteiger partial charge < -0.3 is 9.05 Å². The first kappa shape index (κ1) is 23.1. The number of hydrogen-bond donors (Lipinski definition) is 0. The average molecular weight is 354 g/mol. The quantitative estimate of drug-likeness (QED) is 0.211. The molecule has 0 unspecified atom stereocenters. The van der Waals surface area contributed by atoms with E-state index in [1.54, 1.807) is 11.9 Å². The molecule has 0 bridgehead atoms. The van der Waals surface area contributed by atoms with Crippen molar-refractivity contribution in [3.63, 3.8) is 0 Å². The van der Waals surface area contributed by atoms with Crippen molar-refractivity contribution in [2.24, 2.45) is 0 Å². The second-order valence-electron chi connectivity index (χ2n) is 6.14. The maximum Gasteiger partial charge on any atom is 0.354 e. The van der Waals surface area contributed by atoms with Crippen LogP contribution in [0.5, 0.6) is 0 Å². The second-order valence-corrected chi connectivity index (χ2v) is 8.03. The van der Waals surface area contributed by atoms with Crippen LogP contribution in [-0.2, 0) is 13.6 Å². The van der Waals surface area contributed by atoms with E-state index in [9.17, 15) is 4.57 Å². The molecule has 0 rings (SSSR count). The minimum absolute atomic E-state index is 0.376. The van der Waals surface area contributed by atoms with Gasteiger partial charge >= 0.3 is 7.60 Å². The molecule has 0 saturated carbocycles. The highest BCUT2D eigenvalue weighted by Crippen LogP contribution is 2.49. The SMILES string of the molecule is CCOP(=O)(C=CC=C(C)CCC=C(C)CCC=C(C)C)OCC. The summed E-state index contributed by atoms with van der Waals surface area (Å²) in [4.78, 5) is 0. The largest absolute Gasteiger partial charge is 0.354 e. The lowest BCUT2D eigenvalue weighted by Crippen LogP contribution is -1.92. The van der Waals surface area contributed by atoms with Gasteiger partial charge in [-0.25, -0.2) is 0 Å². The molecule has 3 nitrogen and oxygen atoms in total. The molecule has 0 aliphatic carbocycles. The van der Waals surface area contributed by atoms with E-state index in [1.165, 1.54) is 16.7 Å². The fourth-order valence-electron chi connectivity index (χ4n) is 2.12. The van der Waals surface area contributed by atoms with Crippen LogP contribution >= 0.6 is 7.60 Å². The molecule has 0 aliphatic heterocycles. The Hall–Kier alpha value is -0.890. The maximum absolute atomic E-state index is 12.3.